The summed E-state index contributed by atoms with van der Waals surface area (Å²) in [5.74, 6) is 0. The fourth-order valence-electron chi connectivity index (χ4n) is 0.993. The van der Waals surface area contributed by atoms with Crippen molar-refractivity contribution < 1.29 is 0 Å². The highest BCUT2D eigenvalue weighted by atomic mass is 79.9. The molecule has 0 aliphatic rings. The van der Waals surface area contributed by atoms with E-state index < -0.39 is 0 Å². The van der Waals surface area contributed by atoms with Crippen LogP contribution in [0.15, 0.2) is 41.1 Å². The van der Waals surface area contributed by atoms with E-state index in [1.165, 1.54) is 0 Å². The third-order valence-corrected chi connectivity index (χ3v) is 2.02. The lowest BCUT2D eigenvalue weighted by Crippen LogP contribution is -1.92. The molecule has 59 valence electrons. The average Bonchev–Trinajstić information content (AvgIpc) is 2.56. The number of hydrogen-bond donors (Lipinski definition) is 0. The smallest absolute Gasteiger partial charge is 0.0657 e. The number of rotatable bonds is 1. The van der Waals surface area contributed by atoms with Gasteiger partial charge in [0.25, 0.3) is 0 Å². The Morgan fingerprint density at radius 3 is 3.00 bits per heavy atom. The zero-order valence-electron chi connectivity index (χ0n) is 6.24. The summed E-state index contributed by atoms with van der Waals surface area (Å²) < 4.78 is 2.82. The van der Waals surface area contributed by atoms with Gasteiger partial charge in [-0.25, -0.2) is 4.68 Å². The lowest BCUT2D eigenvalue weighted by Gasteiger charge is -1.99. The van der Waals surface area contributed by atoms with Gasteiger partial charge in [-0.15, -0.1) is 0 Å². The van der Waals surface area contributed by atoms with Gasteiger partial charge in [0.05, 0.1) is 11.9 Å². The third-order valence-electron chi connectivity index (χ3n) is 1.53. The zero-order chi connectivity index (χ0) is 8.39. The monoisotopic (exact) mass is 221 g/mol. The molecule has 1 aromatic heterocycles. The predicted octanol–water partition coefficient (Wildman–Crippen LogP) is 2.43. The van der Waals surface area contributed by atoms with Crippen molar-refractivity contribution >= 4 is 15.9 Å². The molecule has 0 fully saturated rings. The maximum Gasteiger partial charge on any atom is 0.0657 e. The summed E-state index contributed by atoms with van der Waals surface area (Å²) in [5.41, 5.74) is 1.03. The first-order valence-electron chi connectivity index (χ1n) is 3.53. The molecule has 0 aliphatic heterocycles. The highest BCUT2D eigenvalue weighted by molar-refractivity contribution is 9.10. The predicted molar refractivity (Wildman–Crippen MR) is 50.1 cm³/mol. The Morgan fingerprint density at radius 2 is 2.33 bits per heavy atom. The van der Waals surface area contributed by atoms with Crippen LogP contribution in [-0.2, 0) is 0 Å². The Morgan fingerprint density at radius 1 is 1.42 bits per heavy atom. The van der Waals surface area contributed by atoms with Crippen LogP contribution in [0.5, 0.6) is 0 Å². The zero-order valence-corrected chi connectivity index (χ0v) is 7.82. The summed E-state index contributed by atoms with van der Waals surface area (Å²) >= 11 is 3.40. The largest absolute Gasteiger partial charge is 0.240 e. The number of halogens is 1. The van der Waals surface area contributed by atoms with Gasteiger partial charge in [-0.3, -0.25) is 0 Å². The topological polar surface area (TPSA) is 17.8 Å². The Hall–Kier alpha value is -1.09. The van der Waals surface area contributed by atoms with E-state index in [9.17, 15) is 0 Å². The average molecular weight is 222 g/mol. The number of aromatic nitrogens is 2. The molecular weight excluding hydrogens is 216 g/mol. The van der Waals surface area contributed by atoms with Crippen molar-refractivity contribution in [3.05, 3.63) is 47.2 Å². The molecule has 2 aromatic rings. The van der Waals surface area contributed by atoms with Crippen molar-refractivity contribution in [2.75, 3.05) is 0 Å². The lowest BCUT2D eigenvalue weighted by molar-refractivity contribution is 0.880. The second-order valence-corrected chi connectivity index (χ2v) is 3.28. The standard InChI is InChI=1S/C9H6BrN2/c10-8-3-1-4-9(7-8)12-6-2-5-11-12/h1,3-7H. The summed E-state index contributed by atoms with van der Waals surface area (Å²) in [5, 5.41) is 4.07. The van der Waals surface area contributed by atoms with Crippen molar-refractivity contribution in [1.82, 2.24) is 9.78 Å². The maximum atomic E-state index is 4.07. The van der Waals surface area contributed by atoms with Crippen molar-refractivity contribution in [2.45, 2.75) is 0 Å². The number of benzene rings is 1. The van der Waals surface area contributed by atoms with Crippen LogP contribution in [0.1, 0.15) is 0 Å². The van der Waals surface area contributed by atoms with Gasteiger partial charge in [-0.2, -0.15) is 5.10 Å². The first-order chi connectivity index (χ1) is 5.86. The summed E-state index contributed by atoms with van der Waals surface area (Å²) in [6.45, 7) is 0. The van der Waals surface area contributed by atoms with Crippen LogP contribution in [-0.4, -0.2) is 9.78 Å². The molecule has 0 N–H and O–H groups in total. The molecule has 2 nitrogen and oxygen atoms in total. The van der Waals surface area contributed by atoms with Crippen LogP contribution in [0.3, 0.4) is 0 Å². The van der Waals surface area contributed by atoms with Crippen LogP contribution < -0.4 is 0 Å². The SMILES string of the molecule is Brc1cccc(-n2c[c]cn2)c1. The fourth-order valence-corrected chi connectivity index (χ4v) is 1.38. The molecule has 0 atom stereocenters. The molecule has 0 spiro atoms. The van der Waals surface area contributed by atoms with Gasteiger partial charge in [0, 0.05) is 16.7 Å². The second-order valence-electron chi connectivity index (χ2n) is 2.36. The first-order valence-corrected chi connectivity index (χ1v) is 4.32. The fraction of sp³-hybridized carbons (Fsp3) is 0. The summed E-state index contributed by atoms with van der Waals surface area (Å²) in [4.78, 5) is 0. The molecule has 3 heteroatoms. The second kappa shape index (κ2) is 3.11. The highest BCUT2D eigenvalue weighted by Gasteiger charge is 1.94. The van der Waals surface area contributed by atoms with Gasteiger partial charge >= 0.3 is 0 Å². The highest BCUT2D eigenvalue weighted by Crippen LogP contribution is 2.13. The lowest BCUT2D eigenvalue weighted by atomic mass is 10.3. The Labute approximate surface area is 79.0 Å². The molecule has 12 heavy (non-hydrogen) atoms. The van der Waals surface area contributed by atoms with Crippen molar-refractivity contribution in [1.29, 1.82) is 0 Å². The van der Waals surface area contributed by atoms with Gasteiger partial charge in [-0.1, -0.05) is 22.0 Å². The van der Waals surface area contributed by atoms with Gasteiger partial charge in [0.2, 0.25) is 0 Å². The molecule has 0 unspecified atom stereocenters. The minimum Gasteiger partial charge on any atom is -0.240 e. The Bertz CT molecular complexity index is 368. The first kappa shape index (κ1) is 7.55. The van der Waals surface area contributed by atoms with E-state index in [0.717, 1.165) is 10.2 Å². The molecular formula is C9H6BrN2. The van der Waals surface area contributed by atoms with E-state index >= 15 is 0 Å². The number of nitrogens with zero attached hydrogens (tertiary/aromatic N) is 2. The van der Waals surface area contributed by atoms with Gasteiger partial charge in [0.1, 0.15) is 0 Å². The number of hydrogen-bond acceptors (Lipinski definition) is 1. The minimum atomic E-state index is 1.03. The molecule has 2 rings (SSSR count). The molecule has 1 heterocycles. The van der Waals surface area contributed by atoms with E-state index in [1.54, 1.807) is 17.1 Å². The quantitative estimate of drug-likeness (QED) is 0.724. The Kier molecular flexibility index (Phi) is 1.96. The van der Waals surface area contributed by atoms with Gasteiger partial charge in [0.15, 0.2) is 0 Å². The van der Waals surface area contributed by atoms with E-state index in [4.69, 9.17) is 0 Å². The van der Waals surface area contributed by atoms with Crippen LogP contribution in [0, 0.1) is 6.07 Å². The normalized spacial score (nSPS) is 10.1. The van der Waals surface area contributed by atoms with Crippen LogP contribution in [0.2, 0.25) is 0 Å². The van der Waals surface area contributed by atoms with E-state index in [-0.39, 0.29) is 0 Å². The van der Waals surface area contributed by atoms with Crippen molar-refractivity contribution in [3.63, 3.8) is 0 Å². The molecule has 1 aromatic carbocycles. The maximum absolute atomic E-state index is 4.07. The summed E-state index contributed by atoms with van der Waals surface area (Å²) in [6, 6.07) is 10.8. The minimum absolute atomic E-state index is 1.03. The molecule has 1 radical (unpaired) electrons. The van der Waals surface area contributed by atoms with E-state index in [0.29, 0.717) is 0 Å². The summed E-state index contributed by atoms with van der Waals surface area (Å²) in [7, 11) is 0. The van der Waals surface area contributed by atoms with E-state index in [2.05, 4.69) is 27.1 Å². The van der Waals surface area contributed by atoms with Gasteiger partial charge in [-0.05, 0) is 18.2 Å². The van der Waals surface area contributed by atoms with Crippen molar-refractivity contribution in [3.8, 4) is 5.69 Å². The van der Waals surface area contributed by atoms with Crippen molar-refractivity contribution in [2.24, 2.45) is 0 Å². The van der Waals surface area contributed by atoms with E-state index in [1.807, 2.05) is 24.3 Å². The molecule has 0 bridgehead atoms. The molecule has 0 saturated carbocycles. The third kappa shape index (κ3) is 1.41. The summed E-state index contributed by atoms with van der Waals surface area (Å²) in [6.07, 6.45) is 3.43. The molecule has 0 saturated heterocycles. The Balaban J connectivity index is 2.48. The van der Waals surface area contributed by atoms with Crippen LogP contribution in [0.25, 0.3) is 5.69 Å². The molecule has 0 amide bonds. The van der Waals surface area contributed by atoms with Crippen LogP contribution >= 0.6 is 15.9 Å². The van der Waals surface area contributed by atoms with Gasteiger partial charge < -0.3 is 0 Å². The molecule has 0 aliphatic carbocycles. The van der Waals surface area contributed by atoms with Crippen LogP contribution in [0.4, 0.5) is 0 Å².